The smallest absolute Gasteiger partial charge is 0.243 e. The highest BCUT2D eigenvalue weighted by Gasteiger charge is 2.15. The minimum atomic E-state index is -0.177. The van der Waals surface area contributed by atoms with Crippen molar-refractivity contribution in [2.75, 3.05) is 12.0 Å². The second kappa shape index (κ2) is 6.02. The van der Waals surface area contributed by atoms with Crippen molar-refractivity contribution < 1.29 is 4.52 Å². The van der Waals surface area contributed by atoms with Gasteiger partial charge in [-0.05, 0) is 31.4 Å². The third-order valence-corrected chi connectivity index (χ3v) is 3.31. The first-order valence-electron chi connectivity index (χ1n) is 5.86. The minimum absolute atomic E-state index is 0.177. The number of benzene rings is 1. The van der Waals surface area contributed by atoms with E-state index in [0.717, 1.165) is 17.7 Å². The molecule has 2 aromatic rings. The summed E-state index contributed by atoms with van der Waals surface area (Å²) in [6.45, 7) is 2.04. The maximum atomic E-state index is 5.99. The number of nitrogens with two attached hydrogens (primary N) is 1. The quantitative estimate of drug-likeness (QED) is 0.898. The molecular formula is C13H17N3OS. The molecule has 0 aliphatic heterocycles. The number of aryl methyl sites for hydroxylation is 1. The normalized spacial score (nSPS) is 12.6. The van der Waals surface area contributed by atoms with E-state index in [2.05, 4.69) is 16.4 Å². The van der Waals surface area contributed by atoms with Crippen LogP contribution in [0.15, 0.2) is 28.8 Å². The summed E-state index contributed by atoms with van der Waals surface area (Å²) in [6.07, 6.45) is 2.90. The standard InChI is InChI=1S/C13H17N3OS/c1-9-4-3-5-10(8-9)12-15-13(17-16-12)11(14)6-7-18-2/h3-5,8,11H,6-7,14H2,1-2H3. The predicted molar refractivity (Wildman–Crippen MR) is 74.4 cm³/mol. The maximum Gasteiger partial charge on any atom is 0.243 e. The molecule has 0 amide bonds. The maximum absolute atomic E-state index is 5.99. The first-order valence-corrected chi connectivity index (χ1v) is 7.25. The van der Waals surface area contributed by atoms with E-state index in [0.29, 0.717) is 11.7 Å². The molecule has 1 atom stereocenters. The van der Waals surface area contributed by atoms with E-state index >= 15 is 0 Å². The van der Waals surface area contributed by atoms with E-state index < -0.39 is 0 Å². The lowest BCUT2D eigenvalue weighted by atomic mass is 10.1. The highest BCUT2D eigenvalue weighted by molar-refractivity contribution is 7.98. The molecule has 1 aromatic heterocycles. The average molecular weight is 263 g/mol. The lowest BCUT2D eigenvalue weighted by Crippen LogP contribution is -2.11. The summed E-state index contributed by atoms with van der Waals surface area (Å²) in [7, 11) is 0. The zero-order chi connectivity index (χ0) is 13.0. The van der Waals surface area contributed by atoms with Crippen molar-refractivity contribution in [1.29, 1.82) is 0 Å². The van der Waals surface area contributed by atoms with Crippen molar-refractivity contribution in [2.45, 2.75) is 19.4 Å². The fourth-order valence-corrected chi connectivity index (χ4v) is 2.15. The van der Waals surface area contributed by atoms with Gasteiger partial charge in [-0.25, -0.2) is 0 Å². The molecule has 0 aliphatic carbocycles. The van der Waals surface area contributed by atoms with Crippen molar-refractivity contribution in [2.24, 2.45) is 5.73 Å². The Kier molecular flexibility index (Phi) is 4.38. The van der Waals surface area contributed by atoms with Gasteiger partial charge in [0, 0.05) is 5.56 Å². The molecule has 4 nitrogen and oxygen atoms in total. The monoisotopic (exact) mass is 263 g/mol. The van der Waals surface area contributed by atoms with Crippen LogP contribution in [0.5, 0.6) is 0 Å². The molecular weight excluding hydrogens is 246 g/mol. The van der Waals surface area contributed by atoms with E-state index in [9.17, 15) is 0 Å². The van der Waals surface area contributed by atoms with Gasteiger partial charge in [-0.1, -0.05) is 28.9 Å². The van der Waals surface area contributed by atoms with Gasteiger partial charge in [0.2, 0.25) is 11.7 Å². The fraction of sp³-hybridized carbons (Fsp3) is 0.385. The van der Waals surface area contributed by atoms with Gasteiger partial charge < -0.3 is 10.3 Å². The Hall–Kier alpha value is -1.33. The minimum Gasteiger partial charge on any atom is -0.337 e. The number of thioether (sulfide) groups is 1. The lowest BCUT2D eigenvalue weighted by Gasteiger charge is -2.03. The largest absolute Gasteiger partial charge is 0.337 e. The molecule has 2 rings (SSSR count). The van der Waals surface area contributed by atoms with Gasteiger partial charge in [0.05, 0.1) is 6.04 Å². The van der Waals surface area contributed by atoms with Crippen LogP contribution in [0.1, 0.15) is 23.9 Å². The second-order valence-corrected chi connectivity index (χ2v) is 5.20. The predicted octanol–water partition coefficient (Wildman–Crippen LogP) is 2.80. The van der Waals surface area contributed by atoms with Gasteiger partial charge in [0.15, 0.2) is 0 Å². The topological polar surface area (TPSA) is 64.9 Å². The van der Waals surface area contributed by atoms with Gasteiger partial charge in [-0.15, -0.1) is 0 Å². The molecule has 1 unspecified atom stereocenters. The molecule has 18 heavy (non-hydrogen) atoms. The van der Waals surface area contributed by atoms with E-state index in [1.165, 1.54) is 5.56 Å². The van der Waals surface area contributed by atoms with Gasteiger partial charge >= 0.3 is 0 Å². The Morgan fingerprint density at radius 3 is 3.00 bits per heavy atom. The Labute approximate surface area is 111 Å². The Morgan fingerprint density at radius 1 is 1.44 bits per heavy atom. The Morgan fingerprint density at radius 2 is 2.28 bits per heavy atom. The number of hydrogen-bond donors (Lipinski definition) is 1. The van der Waals surface area contributed by atoms with Crippen LogP contribution in [-0.4, -0.2) is 22.1 Å². The van der Waals surface area contributed by atoms with Crippen LogP contribution in [0.25, 0.3) is 11.4 Å². The highest BCUT2D eigenvalue weighted by atomic mass is 32.2. The number of nitrogens with zero attached hydrogens (tertiary/aromatic N) is 2. The van der Waals surface area contributed by atoms with Gasteiger partial charge in [-0.3, -0.25) is 0 Å². The third-order valence-electron chi connectivity index (χ3n) is 2.67. The zero-order valence-electron chi connectivity index (χ0n) is 10.6. The summed E-state index contributed by atoms with van der Waals surface area (Å²) in [6, 6.07) is 7.84. The van der Waals surface area contributed by atoms with Crippen LogP contribution in [-0.2, 0) is 0 Å². The molecule has 0 spiro atoms. The summed E-state index contributed by atoms with van der Waals surface area (Å²) in [5.41, 5.74) is 8.12. The van der Waals surface area contributed by atoms with Crippen molar-refractivity contribution in [3.63, 3.8) is 0 Å². The number of hydrogen-bond acceptors (Lipinski definition) is 5. The van der Waals surface area contributed by atoms with Crippen LogP contribution < -0.4 is 5.73 Å². The van der Waals surface area contributed by atoms with E-state index in [-0.39, 0.29) is 6.04 Å². The summed E-state index contributed by atoms with van der Waals surface area (Å²) in [5.74, 6) is 2.11. The molecule has 1 aromatic carbocycles. The average Bonchev–Trinajstić information content (AvgIpc) is 2.85. The number of rotatable bonds is 5. The van der Waals surface area contributed by atoms with Crippen LogP contribution in [0, 0.1) is 6.92 Å². The Balaban J connectivity index is 2.15. The SMILES string of the molecule is CSCCC(N)c1nc(-c2cccc(C)c2)no1. The molecule has 0 saturated carbocycles. The van der Waals surface area contributed by atoms with Crippen LogP contribution in [0.2, 0.25) is 0 Å². The summed E-state index contributed by atoms with van der Waals surface area (Å²) < 4.78 is 5.22. The first kappa shape index (κ1) is 13.1. The molecule has 1 heterocycles. The van der Waals surface area contributed by atoms with Crippen LogP contribution >= 0.6 is 11.8 Å². The highest BCUT2D eigenvalue weighted by Crippen LogP contribution is 2.20. The van der Waals surface area contributed by atoms with E-state index in [1.54, 1.807) is 11.8 Å². The van der Waals surface area contributed by atoms with Crippen molar-refractivity contribution in [1.82, 2.24) is 10.1 Å². The molecule has 5 heteroatoms. The molecule has 0 aliphatic rings. The van der Waals surface area contributed by atoms with Gasteiger partial charge in [0.1, 0.15) is 0 Å². The number of aromatic nitrogens is 2. The summed E-state index contributed by atoms with van der Waals surface area (Å²) in [4.78, 5) is 4.36. The molecule has 0 bridgehead atoms. The van der Waals surface area contributed by atoms with Crippen LogP contribution in [0.4, 0.5) is 0 Å². The van der Waals surface area contributed by atoms with Crippen molar-refractivity contribution in [3.05, 3.63) is 35.7 Å². The third kappa shape index (κ3) is 3.11. The zero-order valence-corrected chi connectivity index (χ0v) is 11.4. The summed E-state index contributed by atoms with van der Waals surface area (Å²) >= 11 is 1.76. The second-order valence-electron chi connectivity index (χ2n) is 4.21. The molecule has 0 radical (unpaired) electrons. The van der Waals surface area contributed by atoms with Gasteiger partial charge in [0.25, 0.3) is 0 Å². The Bertz CT molecular complexity index is 512. The lowest BCUT2D eigenvalue weighted by molar-refractivity contribution is 0.353. The van der Waals surface area contributed by atoms with E-state index in [1.807, 2.05) is 31.2 Å². The van der Waals surface area contributed by atoms with Crippen molar-refractivity contribution in [3.8, 4) is 11.4 Å². The fourth-order valence-electron chi connectivity index (χ4n) is 1.66. The first-order chi connectivity index (χ1) is 8.70. The molecule has 2 N–H and O–H groups in total. The van der Waals surface area contributed by atoms with Crippen molar-refractivity contribution >= 4 is 11.8 Å². The van der Waals surface area contributed by atoms with Crippen LogP contribution in [0.3, 0.4) is 0 Å². The molecule has 0 saturated heterocycles. The molecule has 96 valence electrons. The van der Waals surface area contributed by atoms with Gasteiger partial charge in [-0.2, -0.15) is 16.7 Å². The van der Waals surface area contributed by atoms with E-state index in [4.69, 9.17) is 10.3 Å². The summed E-state index contributed by atoms with van der Waals surface area (Å²) in [5, 5.41) is 3.98. The molecule has 0 fully saturated rings.